The van der Waals surface area contributed by atoms with E-state index in [0.717, 1.165) is 6.42 Å². The average Bonchev–Trinajstić information content (AvgIpc) is 3.33. The van der Waals surface area contributed by atoms with Crippen LogP contribution >= 0.6 is 0 Å². The van der Waals surface area contributed by atoms with E-state index in [4.69, 9.17) is 4.42 Å². The lowest BCUT2D eigenvalue weighted by Crippen LogP contribution is -2.45. The van der Waals surface area contributed by atoms with Gasteiger partial charge in [0, 0.05) is 25.8 Å². The van der Waals surface area contributed by atoms with Crippen molar-refractivity contribution in [1.29, 1.82) is 0 Å². The molecule has 3 rings (SSSR count). The van der Waals surface area contributed by atoms with Crippen LogP contribution in [0.4, 0.5) is 0 Å². The van der Waals surface area contributed by atoms with Gasteiger partial charge in [0.05, 0.1) is 5.92 Å². The van der Waals surface area contributed by atoms with Gasteiger partial charge in [-0.2, -0.15) is 9.40 Å². The van der Waals surface area contributed by atoms with Crippen LogP contribution in [0.25, 0.3) is 11.5 Å². The van der Waals surface area contributed by atoms with E-state index in [1.807, 2.05) is 0 Å². The van der Waals surface area contributed by atoms with Crippen LogP contribution < -0.4 is 5.32 Å². The smallest absolute Gasteiger partial charge is 0.276 e. The fourth-order valence-corrected chi connectivity index (χ4v) is 4.56. The quantitative estimate of drug-likeness (QED) is 0.749. The molecule has 0 aliphatic carbocycles. The Morgan fingerprint density at radius 3 is 2.93 bits per heavy atom. The van der Waals surface area contributed by atoms with Gasteiger partial charge < -0.3 is 9.73 Å². The molecule has 0 radical (unpaired) electrons. The summed E-state index contributed by atoms with van der Waals surface area (Å²) in [5, 5.41) is 9.38. The second-order valence-corrected chi connectivity index (χ2v) is 9.13. The number of piperidine rings is 1. The Kier molecular flexibility index (Phi) is 6.01. The Bertz CT molecular complexity index is 858. The number of nitrogens with one attached hydrogen (secondary N) is 2. The molecule has 27 heavy (non-hydrogen) atoms. The van der Waals surface area contributed by atoms with Crippen molar-refractivity contribution in [3.63, 3.8) is 0 Å². The summed E-state index contributed by atoms with van der Waals surface area (Å²) < 4.78 is 32.7. The van der Waals surface area contributed by atoms with Crippen LogP contribution in [0, 0.1) is 11.8 Å². The maximum atomic E-state index is 12.9. The fourth-order valence-electron chi connectivity index (χ4n) is 3.13. The van der Waals surface area contributed by atoms with Crippen LogP contribution in [0.2, 0.25) is 0 Å². The Hall–Kier alpha value is -2.13. The molecule has 1 aliphatic rings. The van der Waals surface area contributed by atoms with Crippen molar-refractivity contribution in [1.82, 2.24) is 19.8 Å². The average molecular weight is 394 g/mol. The second kappa shape index (κ2) is 8.26. The van der Waals surface area contributed by atoms with E-state index in [0.29, 0.717) is 43.3 Å². The first-order valence-electron chi connectivity index (χ1n) is 9.25. The van der Waals surface area contributed by atoms with Gasteiger partial charge in [0.2, 0.25) is 11.0 Å². The van der Waals surface area contributed by atoms with E-state index in [1.165, 1.54) is 10.4 Å². The number of H-pyrrole nitrogens is 1. The number of nitrogens with zero attached hydrogens (tertiary/aromatic N) is 2. The zero-order valence-corrected chi connectivity index (χ0v) is 16.5. The number of amides is 1. The predicted molar refractivity (Wildman–Crippen MR) is 100 cm³/mol. The van der Waals surface area contributed by atoms with E-state index >= 15 is 0 Å². The van der Waals surface area contributed by atoms with Crippen LogP contribution in [0.5, 0.6) is 0 Å². The van der Waals surface area contributed by atoms with Crippen molar-refractivity contribution in [2.45, 2.75) is 38.2 Å². The van der Waals surface area contributed by atoms with E-state index < -0.39 is 10.0 Å². The molecule has 0 aromatic carbocycles. The molecule has 0 bridgehead atoms. The molecule has 1 amide bonds. The van der Waals surface area contributed by atoms with Crippen molar-refractivity contribution in [3.8, 4) is 11.5 Å². The predicted octanol–water partition coefficient (Wildman–Crippen LogP) is 2.23. The third-order valence-corrected chi connectivity index (χ3v) is 6.46. The molecular formula is C18H26N4O4S. The second-order valence-electron chi connectivity index (χ2n) is 7.26. The number of hydrogen-bond acceptors (Lipinski definition) is 5. The molecule has 8 nitrogen and oxygen atoms in total. The van der Waals surface area contributed by atoms with Gasteiger partial charge in [0.25, 0.3) is 10.0 Å². The van der Waals surface area contributed by atoms with Gasteiger partial charge in [0.1, 0.15) is 5.69 Å². The minimum absolute atomic E-state index is 0.0758. The fraction of sp³-hybridized carbons (Fsp3) is 0.556. The number of rotatable bonds is 7. The lowest BCUT2D eigenvalue weighted by Gasteiger charge is -2.30. The van der Waals surface area contributed by atoms with Gasteiger partial charge in [-0.15, -0.1) is 0 Å². The molecule has 1 atom stereocenters. The number of carbonyl (C=O) groups excluding carboxylic acids is 1. The number of hydrogen-bond donors (Lipinski definition) is 2. The molecule has 2 aromatic heterocycles. The Morgan fingerprint density at radius 2 is 2.22 bits per heavy atom. The number of carbonyl (C=O) groups is 1. The molecule has 148 valence electrons. The van der Waals surface area contributed by atoms with E-state index in [1.54, 1.807) is 18.3 Å². The Balaban J connectivity index is 1.67. The highest BCUT2D eigenvalue weighted by Gasteiger charge is 2.35. The minimum atomic E-state index is -3.78. The van der Waals surface area contributed by atoms with Gasteiger partial charge in [0.15, 0.2) is 5.76 Å². The highest BCUT2D eigenvalue weighted by molar-refractivity contribution is 7.89. The van der Waals surface area contributed by atoms with Crippen LogP contribution in [0.15, 0.2) is 33.9 Å². The van der Waals surface area contributed by atoms with Gasteiger partial charge in [-0.05, 0) is 43.4 Å². The summed E-state index contributed by atoms with van der Waals surface area (Å²) in [5.41, 5.74) is 0.609. The van der Waals surface area contributed by atoms with Crippen molar-refractivity contribution in [3.05, 3.63) is 24.4 Å². The third kappa shape index (κ3) is 4.59. The van der Waals surface area contributed by atoms with E-state index in [9.17, 15) is 13.2 Å². The summed E-state index contributed by atoms with van der Waals surface area (Å²) in [5.74, 6) is 0.512. The first-order chi connectivity index (χ1) is 12.9. The zero-order chi connectivity index (χ0) is 19.4. The lowest BCUT2D eigenvalue weighted by molar-refractivity contribution is -0.126. The topological polar surface area (TPSA) is 108 Å². The van der Waals surface area contributed by atoms with Gasteiger partial charge in [-0.1, -0.05) is 13.8 Å². The summed E-state index contributed by atoms with van der Waals surface area (Å²) in [6.07, 6.45) is 3.81. The highest BCUT2D eigenvalue weighted by atomic mass is 32.2. The number of furan rings is 1. The standard InChI is InChI=1S/C18H26N4O4S/c1-13(2)7-9-19-18(23)14-4-3-11-22(12-14)27(24,25)17-6-5-16(26-17)15-8-10-20-21-15/h5-6,8,10,13-14H,3-4,7,9,11-12H2,1-2H3,(H,19,23)(H,20,21). The van der Waals surface area contributed by atoms with E-state index in [-0.39, 0.29) is 23.5 Å². The lowest BCUT2D eigenvalue weighted by atomic mass is 9.98. The summed E-state index contributed by atoms with van der Waals surface area (Å²) in [7, 11) is -3.78. The number of sulfonamides is 1. The van der Waals surface area contributed by atoms with Crippen molar-refractivity contribution in [2.24, 2.45) is 11.8 Å². The van der Waals surface area contributed by atoms with Crippen LogP contribution in [-0.4, -0.2) is 48.5 Å². The largest absolute Gasteiger partial charge is 0.442 e. The molecule has 1 saturated heterocycles. The van der Waals surface area contributed by atoms with Gasteiger partial charge in [-0.25, -0.2) is 8.42 Å². The van der Waals surface area contributed by atoms with Crippen molar-refractivity contribution < 1.29 is 17.6 Å². The van der Waals surface area contributed by atoms with Crippen molar-refractivity contribution >= 4 is 15.9 Å². The molecule has 1 aliphatic heterocycles. The maximum absolute atomic E-state index is 12.9. The summed E-state index contributed by atoms with van der Waals surface area (Å²) >= 11 is 0. The van der Waals surface area contributed by atoms with Crippen molar-refractivity contribution in [2.75, 3.05) is 19.6 Å². The third-order valence-electron chi connectivity index (χ3n) is 4.72. The molecule has 9 heteroatoms. The first-order valence-corrected chi connectivity index (χ1v) is 10.7. The van der Waals surface area contributed by atoms with Gasteiger partial charge in [-0.3, -0.25) is 9.89 Å². The van der Waals surface area contributed by atoms with Crippen LogP contribution in [0.1, 0.15) is 33.1 Å². The number of aromatic amines is 1. The normalized spacial score (nSPS) is 18.7. The summed E-state index contributed by atoms with van der Waals surface area (Å²) in [6.45, 7) is 5.38. The maximum Gasteiger partial charge on any atom is 0.276 e. The summed E-state index contributed by atoms with van der Waals surface area (Å²) in [4.78, 5) is 12.4. The molecule has 1 unspecified atom stereocenters. The molecule has 2 N–H and O–H groups in total. The molecule has 3 heterocycles. The molecule has 2 aromatic rings. The molecular weight excluding hydrogens is 368 g/mol. The Labute approximate surface area is 159 Å². The summed E-state index contributed by atoms with van der Waals surface area (Å²) in [6, 6.07) is 4.74. The van der Waals surface area contributed by atoms with E-state index in [2.05, 4.69) is 29.4 Å². The van der Waals surface area contributed by atoms with Crippen LogP contribution in [0.3, 0.4) is 0 Å². The minimum Gasteiger partial charge on any atom is -0.442 e. The molecule has 0 saturated carbocycles. The SMILES string of the molecule is CC(C)CCNC(=O)C1CCCN(S(=O)(=O)c2ccc(-c3ccn[nH]3)o2)C1. The highest BCUT2D eigenvalue weighted by Crippen LogP contribution is 2.28. The Morgan fingerprint density at radius 1 is 1.41 bits per heavy atom. The van der Waals surface area contributed by atoms with Gasteiger partial charge >= 0.3 is 0 Å². The molecule has 1 fully saturated rings. The monoisotopic (exact) mass is 394 g/mol. The zero-order valence-electron chi connectivity index (χ0n) is 15.6. The molecule has 0 spiro atoms. The number of aromatic nitrogens is 2. The van der Waals surface area contributed by atoms with Crippen LogP contribution in [-0.2, 0) is 14.8 Å². The first kappa shape index (κ1) is 19.6.